The average molecular weight is 626 g/mol. The zero-order valence-corrected chi connectivity index (χ0v) is 27.5. The zero-order valence-electron chi connectivity index (χ0n) is 27.5. The van der Waals surface area contributed by atoms with Gasteiger partial charge in [0.25, 0.3) is 0 Å². The Balaban J connectivity index is 1.77. The third-order valence-corrected chi connectivity index (χ3v) is 7.84. The fourth-order valence-corrected chi connectivity index (χ4v) is 5.76. The summed E-state index contributed by atoms with van der Waals surface area (Å²) in [5, 5.41) is 9.04. The van der Waals surface area contributed by atoms with Crippen LogP contribution < -0.4 is 35.6 Å². The Morgan fingerprint density at radius 2 is 1.69 bits per heavy atom. The van der Waals surface area contributed by atoms with E-state index in [0.717, 1.165) is 29.5 Å². The molecule has 2 amide bonds. The van der Waals surface area contributed by atoms with Crippen molar-refractivity contribution >= 4 is 23.5 Å². The number of esters is 1. The first-order chi connectivity index (χ1) is 21.5. The first-order valence-electron chi connectivity index (χ1n) is 15.4. The van der Waals surface area contributed by atoms with Gasteiger partial charge in [0.15, 0.2) is 11.5 Å². The Labute approximate surface area is 265 Å². The van der Waals surface area contributed by atoms with E-state index in [1.165, 1.54) is 14.0 Å². The lowest BCUT2D eigenvalue weighted by molar-refractivity contribution is -0.145. The summed E-state index contributed by atoms with van der Waals surface area (Å²) in [7, 11) is 6.00. The van der Waals surface area contributed by atoms with Gasteiger partial charge in [-0.2, -0.15) is 0 Å². The van der Waals surface area contributed by atoms with Crippen molar-refractivity contribution in [3.63, 3.8) is 0 Å². The summed E-state index contributed by atoms with van der Waals surface area (Å²) >= 11 is 0. The summed E-state index contributed by atoms with van der Waals surface area (Å²) in [5.41, 5.74) is 3.43. The molecule has 0 saturated carbocycles. The van der Waals surface area contributed by atoms with Crippen LogP contribution in [0.4, 0.5) is 5.69 Å². The molecule has 0 heterocycles. The molecule has 0 aliphatic heterocycles. The number of carbonyl (C=O) groups excluding carboxylic acids is 3. The first kappa shape index (κ1) is 35.2. The molecule has 11 heteroatoms. The highest BCUT2D eigenvalue weighted by molar-refractivity contribution is 5.85. The molecule has 2 aromatic carbocycles. The van der Waals surface area contributed by atoms with E-state index in [1.54, 1.807) is 33.5 Å². The second kappa shape index (κ2) is 16.7. The number of anilines is 1. The Morgan fingerprint density at radius 3 is 2.31 bits per heavy atom. The summed E-state index contributed by atoms with van der Waals surface area (Å²) in [4.78, 5) is 50.0. The topological polar surface area (TPSA) is 141 Å². The Bertz CT molecular complexity index is 1430. The summed E-state index contributed by atoms with van der Waals surface area (Å²) in [5.74, 6) is 0.908. The lowest BCUT2D eigenvalue weighted by Crippen LogP contribution is -2.42. The molecule has 0 spiro atoms. The molecule has 45 heavy (non-hydrogen) atoms. The van der Waals surface area contributed by atoms with Crippen LogP contribution >= 0.6 is 0 Å². The fraction of sp³-hybridized carbons (Fsp3) is 0.529. The van der Waals surface area contributed by atoms with E-state index in [4.69, 9.17) is 18.9 Å². The van der Waals surface area contributed by atoms with Crippen LogP contribution in [0.1, 0.15) is 76.5 Å². The van der Waals surface area contributed by atoms with Gasteiger partial charge in [0.05, 0.1) is 40.2 Å². The largest absolute Gasteiger partial charge is 0.493 e. The number of carbonyl (C=O) groups is 3. The molecule has 1 aliphatic rings. The molecule has 0 radical (unpaired) electrons. The molecular formula is C34H47N3O8. The van der Waals surface area contributed by atoms with Gasteiger partial charge in [0.2, 0.25) is 23.0 Å². The minimum absolute atomic E-state index is 0.184. The van der Waals surface area contributed by atoms with Gasteiger partial charge in [-0.05, 0) is 72.9 Å². The van der Waals surface area contributed by atoms with Gasteiger partial charge < -0.3 is 34.9 Å². The van der Waals surface area contributed by atoms with Crippen molar-refractivity contribution in [2.45, 2.75) is 77.8 Å². The number of nitrogens with one attached hydrogen (secondary N) is 3. The minimum Gasteiger partial charge on any atom is -0.493 e. The third kappa shape index (κ3) is 9.12. The highest BCUT2D eigenvalue weighted by atomic mass is 16.5. The molecule has 0 saturated heterocycles. The maximum Gasteiger partial charge on any atom is 0.328 e. The van der Waals surface area contributed by atoms with Crippen molar-refractivity contribution in [1.82, 2.24) is 10.6 Å². The molecule has 0 aromatic heterocycles. The van der Waals surface area contributed by atoms with Crippen LogP contribution in [0.15, 0.2) is 29.1 Å². The van der Waals surface area contributed by atoms with Crippen LogP contribution in [-0.4, -0.2) is 58.8 Å². The van der Waals surface area contributed by atoms with Gasteiger partial charge in [-0.3, -0.25) is 14.4 Å². The van der Waals surface area contributed by atoms with Crippen molar-refractivity contribution < 1.29 is 33.3 Å². The summed E-state index contributed by atoms with van der Waals surface area (Å²) in [6, 6.07) is 6.11. The van der Waals surface area contributed by atoms with E-state index in [0.29, 0.717) is 67.1 Å². The maximum absolute atomic E-state index is 13.5. The summed E-state index contributed by atoms with van der Waals surface area (Å²) in [6.45, 7) is 5.96. The minimum atomic E-state index is -0.645. The second-order valence-electron chi connectivity index (χ2n) is 11.6. The van der Waals surface area contributed by atoms with Gasteiger partial charge in [0.1, 0.15) is 6.04 Å². The molecule has 246 valence electrons. The number of hydrogen-bond acceptors (Lipinski definition) is 9. The molecule has 2 unspecified atom stereocenters. The van der Waals surface area contributed by atoms with E-state index < -0.39 is 12.0 Å². The van der Waals surface area contributed by atoms with Crippen LogP contribution in [0, 0.1) is 5.92 Å². The third-order valence-electron chi connectivity index (χ3n) is 7.84. The van der Waals surface area contributed by atoms with Crippen molar-refractivity contribution in [2.75, 3.05) is 40.3 Å². The predicted octanol–water partition coefficient (Wildman–Crippen LogP) is 4.54. The Kier molecular flexibility index (Phi) is 13.1. The summed E-state index contributed by atoms with van der Waals surface area (Å²) < 4.78 is 21.9. The number of amides is 2. The molecule has 3 N–H and O–H groups in total. The van der Waals surface area contributed by atoms with Gasteiger partial charge in [-0.1, -0.05) is 26.3 Å². The molecule has 2 atom stereocenters. The summed E-state index contributed by atoms with van der Waals surface area (Å²) in [6.07, 6.45) is 4.15. The van der Waals surface area contributed by atoms with Crippen LogP contribution in [0.3, 0.4) is 0 Å². The van der Waals surface area contributed by atoms with Crippen LogP contribution in [0.5, 0.6) is 17.2 Å². The Morgan fingerprint density at radius 1 is 0.956 bits per heavy atom. The predicted molar refractivity (Wildman–Crippen MR) is 173 cm³/mol. The number of aryl methyl sites for hydroxylation is 1. The highest BCUT2D eigenvalue weighted by Crippen LogP contribution is 2.50. The number of hydrogen-bond donors (Lipinski definition) is 3. The monoisotopic (exact) mass is 625 g/mol. The Hall–Kier alpha value is -4.28. The van der Waals surface area contributed by atoms with Gasteiger partial charge >= 0.3 is 5.97 Å². The van der Waals surface area contributed by atoms with Crippen molar-refractivity contribution in [3.05, 3.63) is 45.6 Å². The number of methoxy groups -OCH3 is 4. The number of benzene rings is 1. The van der Waals surface area contributed by atoms with Crippen LogP contribution in [0.2, 0.25) is 0 Å². The van der Waals surface area contributed by atoms with Gasteiger partial charge in [0, 0.05) is 25.5 Å². The van der Waals surface area contributed by atoms with E-state index >= 15 is 0 Å². The van der Waals surface area contributed by atoms with Gasteiger partial charge in [-0.25, -0.2) is 4.79 Å². The van der Waals surface area contributed by atoms with E-state index in [9.17, 15) is 19.2 Å². The van der Waals surface area contributed by atoms with Gasteiger partial charge in [-0.15, -0.1) is 0 Å². The SMILES string of the molecule is COC(=O)C(CC(C)C)NC(=O)CCCCCNc1ccc2c(cc1=O)C(NC(C)=O)CCc1cc(OC)c(OC)c(OC)c1-2. The smallest absolute Gasteiger partial charge is 0.328 e. The number of ether oxygens (including phenoxy) is 4. The van der Waals surface area contributed by atoms with E-state index in [2.05, 4.69) is 16.0 Å². The molecule has 3 rings (SSSR count). The molecule has 2 aromatic rings. The lowest BCUT2D eigenvalue weighted by Gasteiger charge is -2.19. The first-order valence-corrected chi connectivity index (χ1v) is 15.4. The number of unbranched alkanes of at least 4 members (excludes halogenated alkanes) is 2. The number of fused-ring (bicyclic) bond motifs is 3. The highest BCUT2D eigenvalue weighted by Gasteiger charge is 2.29. The quantitative estimate of drug-likeness (QED) is 0.192. The maximum atomic E-state index is 13.5. The molecule has 0 fully saturated rings. The fourth-order valence-electron chi connectivity index (χ4n) is 5.76. The molecule has 0 bridgehead atoms. The van der Waals surface area contributed by atoms with Crippen LogP contribution in [-0.2, 0) is 25.5 Å². The van der Waals surface area contributed by atoms with E-state index in [1.807, 2.05) is 26.0 Å². The average Bonchev–Trinajstić information content (AvgIpc) is 3.25. The van der Waals surface area contributed by atoms with Crippen molar-refractivity contribution in [1.29, 1.82) is 0 Å². The molecule has 1 aliphatic carbocycles. The number of rotatable bonds is 15. The van der Waals surface area contributed by atoms with Crippen molar-refractivity contribution in [3.8, 4) is 28.4 Å². The second-order valence-corrected chi connectivity index (χ2v) is 11.6. The van der Waals surface area contributed by atoms with E-state index in [-0.39, 0.29) is 29.2 Å². The van der Waals surface area contributed by atoms with Crippen LogP contribution in [0.25, 0.3) is 11.1 Å². The molecule has 11 nitrogen and oxygen atoms in total. The van der Waals surface area contributed by atoms with Crippen molar-refractivity contribution in [2.24, 2.45) is 5.92 Å². The zero-order chi connectivity index (χ0) is 33.1. The standard InChI is InChI=1S/C34H47N3O8/c1-20(2)17-27(34(41)45-7)37-30(40)11-9-8-10-16-35-26-15-13-23-24(19-28(26)39)25(36-21(3)38)14-12-22-18-29(42-4)32(43-5)33(44-6)31(22)23/h13,15,18-20,25,27H,8-12,14,16-17H2,1-7H3,(H,35,39)(H,36,38)(H,37,40). The molecular weight excluding hydrogens is 578 g/mol. The normalized spacial score (nSPS) is 14.3. The lowest BCUT2D eigenvalue weighted by atomic mass is 9.95.